The Labute approximate surface area is 129 Å². The number of carboxylic acid groups (broad SMARTS) is 1. The van der Waals surface area contributed by atoms with Crippen molar-refractivity contribution in [2.45, 2.75) is 33.6 Å². The number of carbonyl (C=O) groups is 1. The molecule has 0 radical (unpaired) electrons. The van der Waals surface area contributed by atoms with Gasteiger partial charge in [-0.25, -0.2) is 4.79 Å². The molecule has 0 amide bonds. The monoisotopic (exact) mass is 339 g/mol. The van der Waals surface area contributed by atoms with Crippen molar-refractivity contribution < 1.29 is 9.90 Å². The summed E-state index contributed by atoms with van der Waals surface area (Å²) in [6.45, 7) is 8.72. The standard InChI is InChI=1S/C16H22BrNO2/c1-16(2,3)11-7-9-18(10-8-11)13-6-4-5-12(17)14(13)15(19)20/h4-6,11H,7-10H2,1-3H3,(H,19,20). The number of nitrogens with zero attached hydrogens (tertiary/aromatic N) is 1. The molecule has 1 N–H and O–H groups in total. The maximum atomic E-state index is 11.5. The van der Waals surface area contributed by atoms with E-state index in [1.165, 1.54) is 0 Å². The summed E-state index contributed by atoms with van der Waals surface area (Å²) in [5, 5.41) is 9.40. The summed E-state index contributed by atoms with van der Waals surface area (Å²) in [5.41, 5.74) is 1.54. The molecule has 0 spiro atoms. The normalized spacial score (nSPS) is 17.3. The summed E-state index contributed by atoms with van der Waals surface area (Å²) in [7, 11) is 0. The Kier molecular flexibility index (Phi) is 4.43. The number of aromatic carboxylic acids is 1. The molecule has 1 fully saturated rings. The van der Waals surface area contributed by atoms with Gasteiger partial charge >= 0.3 is 5.97 Å². The average molecular weight is 340 g/mol. The second kappa shape index (κ2) is 5.76. The number of benzene rings is 1. The van der Waals surface area contributed by atoms with Crippen LogP contribution in [0.3, 0.4) is 0 Å². The Morgan fingerprint density at radius 3 is 2.40 bits per heavy atom. The minimum absolute atomic E-state index is 0.332. The quantitative estimate of drug-likeness (QED) is 0.867. The lowest BCUT2D eigenvalue weighted by molar-refractivity contribution is 0.0696. The first-order valence-electron chi connectivity index (χ1n) is 7.07. The van der Waals surface area contributed by atoms with Gasteiger partial charge in [-0.2, -0.15) is 0 Å². The SMILES string of the molecule is CC(C)(C)C1CCN(c2cccc(Br)c2C(=O)O)CC1. The third-order valence-corrected chi connectivity index (χ3v) is 4.93. The molecule has 1 aliphatic heterocycles. The maximum Gasteiger partial charge on any atom is 0.338 e. The molecular formula is C16H22BrNO2. The second-order valence-corrected chi connectivity index (χ2v) is 7.42. The van der Waals surface area contributed by atoms with Crippen molar-refractivity contribution in [3.05, 3.63) is 28.2 Å². The van der Waals surface area contributed by atoms with E-state index in [4.69, 9.17) is 0 Å². The number of carboxylic acids is 1. The molecule has 0 aliphatic carbocycles. The Bertz CT molecular complexity index is 500. The Balaban J connectivity index is 2.19. The molecule has 0 atom stereocenters. The third kappa shape index (κ3) is 3.17. The highest BCUT2D eigenvalue weighted by Gasteiger charge is 2.30. The molecule has 0 saturated carbocycles. The van der Waals surface area contributed by atoms with Crippen molar-refractivity contribution in [2.75, 3.05) is 18.0 Å². The Hall–Kier alpha value is -1.03. The molecule has 1 saturated heterocycles. The van der Waals surface area contributed by atoms with E-state index < -0.39 is 5.97 Å². The zero-order valence-electron chi connectivity index (χ0n) is 12.3. The van der Waals surface area contributed by atoms with Gasteiger partial charge in [-0.15, -0.1) is 0 Å². The number of piperidine rings is 1. The number of hydrogen-bond acceptors (Lipinski definition) is 2. The zero-order chi connectivity index (χ0) is 14.9. The average Bonchev–Trinajstić information content (AvgIpc) is 2.37. The van der Waals surface area contributed by atoms with E-state index >= 15 is 0 Å². The van der Waals surface area contributed by atoms with Crippen LogP contribution in [0.1, 0.15) is 44.0 Å². The summed E-state index contributed by atoms with van der Waals surface area (Å²) in [6.07, 6.45) is 2.24. The van der Waals surface area contributed by atoms with Crippen LogP contribution >= 0.6 is 15.9 Å². The minimum atomic E-state index is -0.870. The lowest BCUT2D eigenvalue weighted by atomic mass is 9.75. The number of halogens is 1. The van der Waals surface area contributed by atoms with E-state index in [2.05, 4.69) is 41.6 Å². The van der Waals surface area contributed by atoms with Gasteiger partial charge in [-0.05, 0) is 52.2 Å². The van der Waals surface area contributed by atoms with Crippen LogP contribution in [0.15, 0.2) is 22.7 Å². The molecule has 2 rings (SSSR count). The van der Waals surface area contributed by atoms with Gasteiger partial charge in [0.15, 0.2) is 0 Å². The van der Waals surface area contributed by atoms with Crippen molar-refractivity contribution in [1.82, 2.24) is 0 Å². The Morgan fingerprint density at radius 2 is 1.90 bits per heavy atom. The third-order valence-electron chi connectivity index (χ3n) is 4.27. The van der Waals surface area contributed by atoms with Crippen molar-refractivity contribution in [1.29, 1.82) is 0 Å². The first-order chi connectivity index (χ1) is 9.30. The van der Waals surface area contributed by atoms with Gasteiger partial charge in [0.2, 0.25) is 0 Å². The van der Waals surface area contributed by atoms with E-state index in [-0.39, 0.29) is 0 Å². The van der Waals surface area contributed by atoms with Crippen LogP contribution in [0, 0.1) is 11.3 Å². The lowest BCUT2D eigenvalue weighted by Crippen LogP contribution is -2.38. The number of anilines is 1. The van der Waals surface area contributed by atoms with Crippen molar-refractivity contribution in [3.8, 4) is 0 Å². The van der Waals surface area contributed by atoms with Gasteiger partial charge in [0.25, 0.3) is 0 Å². The molecular weight excluding hydrogens is 318 g/mol. The van der Waals surface area contributed by atoms with E-state index in [1.54, 1.807) is 6.07 Å². The van der Waals surface area contributed by atoms with Crippen LogP contribution in [0.5, 0.6) is 0 Å². The molecule has 0 unspecified atom stereocenters. The summed E-state index contributed by atoms with van der Waals surface area (Å²) < 4.78 is 0.653. The first kappa shape index (κ1) is 15.4. The zero-order valence-corrected chi connectivity index (χ0v) is 13.9. The largest absolute Gasteiger partial charge is 0.478 e. The Morgan fingerprint density at radius 1 is 1.30 bits per heavy atom. The van der Waals surface area contributed by atoms with Gasteiger partial charge in [0.1, 0.15) is 0 Å². The molecule has 4 heteroatoms. The van der Waals surface area contributed by atoms with Gasteiger partial charge < -0.3 is 10.0 Å². The van der Waals surface area contributed by atoms with Crippen LogP contribution in [0.4, 0.5) is 5.69 Å². The molecule has 3 nitrogen and oxygen atoms in total. The van der Waals surface area contributed by atoms with Crippen LogP contribution in [-0.2, 0) is 0 Å². The molecule has 0 aromatic heterocycles. The van der Waals surface area contributed by atoms with Gasteiger partial charge in [-0.1, -0.05) is 26.8 Å². The topological polar surface area (TPSA) is 40.5 Å². The fourth-order valence-corrected chi connectivity index (χ4v) is 3.50. The minimum Gasteiger partial charge on any atom is -0.478 e. The van der Waals surface area contributed by atoms with Crippen molar-refractivity contribution in [2.24, 2.45) is 11.3 Å². The maximum absolute atomic E-state index is 11.5. The highest BCUT2D eigenvalue weighted by Crippen LogP contribution is 2.37. The molecule has 110 valence electrons. The molecule has 1 aliphatic rings. The second-order valence-electron chi connectivity index (χ2n) is 6.57. The molecule has 1 heterocycles. The van der Waals surface area contributed by atoms with E-state index in [0.717, 1.165) is 31.6 Å². The van der Waals surface area contributed by atoms with Gasteiger partial charge in [0, 0.05) is 17.6 Å². The highest BCUT2D eigenvalue weighted by molar-refractivity contribution is 9.10. The van der Waals surface area contributed by atoms with Crippen molar-refractivity contribution >= 4 is 27.6 Å². The molecule has 1 aromatic rings. The molecule has 20 heavy (non-hydrogen) atoms. The van der Waals surface area contributed by atoms with Crippen molar-refractivity contribution in [3.63, 3.8) is 0 Å². The summed E-state index contributed by atoms with van der Waals surface area (Å²) >= 11 is 3.35. The fourth-order valence-electron chi connectivity index (χ4n) is 2.97. The predicted molar refractivity (Wildman–Crippen MR) is 85.5 cm³/mol. The fraction of sp³-hybridized carbons (Fsp3) is 0.562. The predicted octanol–water partition coefficient (Wildman–Crippen LogP) is 4.41. The first-order valence-corrected chi connectivity index (χ1v) is 7.86. The summed E-state index contributed by atoms with van der Waals surface area (Å²) in [5.74, 6) is -0.162. The number of hydrogen-bond donors (Lipinski definition) is 1. The number of rotatable bonds is 2. The molecule has 0 bridgehead atoms. The van der Waals surface area contributed by atoms with Crippen LogP contribution in [0.2, 0.25) is 0 Å². The van der Waals surface area contributed by atoms with Gasteiger partial charge in [0.05, 0.1) is 11.3 Å². The summed E-state index contributed by atoms with van der Waals surface area (Å²) in [6, 6.07) is 5.60. The smallest absolute Gasteiger partial charge is 0.338 e. The van der Waals surface area contributed by atoms with Gasteiger partial charge in [-0.3, -0.25) is 0 Å². The summed E-state index contributed by atoms with van der Waals surface area (Å²) in [4.78, 5) is 13.7. The van der Waals surface area contributed by atoms with E-state index in [1.807, 2.05) is 12.1 Å². The van der Waals surface area contributed by atoms with E-state index in [0.29, 0.717) is 21.4 Å². The highest BCUT2D eigenvalue weighted by atomic mass is 79.9. The van der Waals surface area contributed by atoms with E-state index in [9.17, 15) is 9.90 Å². The van der Waals surface area contributed by atoms with Crippen LogP contribution < -0.4 is 4.90 Å². The van der Waals surface area contributed by atoms with Crippen LogP contribution in [-0.4, -0.2) is 24.2 Å². The lowest BCUT2D eigenvalue weighted by Gasteiger charge is -2.40. The van der Waals surface area contributed by atoms with Crippen LogP contribution in [0.25, 0.3) is 0 Å². The molecule has 1 aromatic carbocycles.